The van der Waals surface area contributed by atoms with E-state index in [4.69, 9.17) is 10.5 Å². The van der Waals surface area contributed by atoms with Crippen molar-refractivity contribution < 1.29 is 4.74 Å². The number of hydrogen-bond donors (Lipinski definition) is 1. The van der Waals surface area contributed by atoms with Crippen molar-refractivity contribution in [1.29, 1.82) is 0 Å². The molecule has 17 heavy (non-hydrogen) atoms. The van der Waals surface area contributed by atoms with Crippen LogP contribution in [0.2, 0.25) is 0 Å². The van der Waals surface area contributed by atoms with Gasteiger partial charge in [-0.25, -0.2) is 0 Å². The van der Waals surface area contributed by atoms with Crippen LogP contribution in [-0.2, 0) is 7.05 Å². The van der Waals surface area contributed by atoms with Crippen LogP contribution in [0.25, 0.3) is 0 Å². The van der Waals surface area contributed by atoms with Crippen molar-refractivity contribution in [3.05, 3.63) is 18.2 Å². The van der Waals surface area contributed by atoms with Gasteiger partial charge >= 0.3 is 6.01 Å². The molecule has 2 N–H and O–H groups in total. The van der Waals surface area contributed by atoms with Crippen molar-refractivity contribution in [3.8, 4) is 11.8 Å². The Hall–Kier alpha value is -2.31. The highest BCUT2D eigenvalue weighted by atomic mass is 16.5. The quantitative estimate of drug-likeness (QED) is 0.785. The van der Waals surface area contributed by atoms with E-state index in [0.29, 0.717) is 17.4 Å². The maximum atomic E-state index is 5.83. The van der Waals surface area contributed by atoms with Crippen LogP contribution >= 0.6 is 0 Å². The first-order valence-corrected chi connectivity index (χ1v) is 5.05. The molecule has 0 aliphatic carbocycles. The van der Waals surface area contributed by atoms with Gasteiger partial charge in [0.25, 0.3) is 0 Å². The standard InChI is InChI=1S/C10H14N6O/c1-15(2)7-4-5-8(11)9(6-7)17-10-12-13-14-16(10)3/h4-6H,11H2,1-3H3. The van der Waals surface area contributed by atoms with E-state index in [1.807, 2.05) is 31.1 Å². The van der Waals surface area contributed by atoms with Crippen molar-refractivity contribution in [3.63, 3.8) is 0 Å². The van der Waals surface area contributed by atoms with Gasteiger partial charge in [0, 0.05) is 32.9 Å². The van der Waals surface area contributed by atoms with Crippen molar-refractivity contribution in [2.24, 2.45) is 7.05 Å². The van der Waals surface area contributed by atoms with E-state index in [-0.39, 0.29) is 0 Å². The lowest BCUT2D eigenvalue weighted by Crippen LogP contribution is -2.09. The second-order valence-corrected chi connectivity index (χ2v) is 3.80. The molecule has 1 aromatic heterocycles. The fourth-order valence-electron chi connectivity index (χ4n) is 1.30. The van der Waals surface area contributed by atoms with Gasteiger partial charge in [-0.2, -0.15) is 4.68 Å². The number of nitrogen functional groups attached to an aromatic ring is 1. The fraction of sp³-hybridized carbons (Fsp3) is 0.300. The SMILES string of the molecule is CN(C)c1ccc(N)c(Oc2nnnn2C)c1. The molecule has 1 heterocycles. The summed E-state index contributed by atoms with van der Waals surface area (Å²) in [5.74, 6) is 0.536. The monoisotopic (exact) mass is 234 g/mol. The topological polar surface area (TPSA) is 82.1 Å². The molecule has 7 nitrogen and oxygen atoms in total. The predicted molar refractivity (Wildman–Crippen MR) is 64.1 cm³/mol. The summed E-state index contributed by atoms with van der Waals surface area (Å²) in [6, 6.07) is 5.84. The Morgan fingerprint density at radius 2 is 2.12 bits per heavy atom. The minimum absolute atomic E-state index is 0.299. The Morgan fingerprint density at radius 3 is 2.71 bits per heavy atom. The Kier molecular flexibility index (Phi) is 2.82. The molecular formula is C10H14N6O. The molecule has 0 radical (unpaired) electrons. The summed E-state index contributed by atoms with van der Waals surface area (Å²) < 4.78 is 6.98. The molecule has 0 fully saturated rings. The molecule has 90 valence electrons. The number of benzene rings is 1. The second-order valence-electron chi connectivity index (χ2n) is 3.80. The van der Waals surface area contributed by atoms with E-state index in [0.717, 1.165) is 5.69 Å². The van der Waals surface area contributed by atoms with Crippen LogP contribution in [0.15, 0.2) is 18.2 Å². The molecule has 0 atom stereocenters. The van der Waals surface area contributed by atoms with Gasteiger partial charge in [0.15, 0.2) is 5.75 Å². The second kappa shape index (κ2) is 4.28. The zero-order valence-corrected chi connectivity index (χ0v) is 9.95. The van der Waals surface area contributed by atoms with Crippen LogP contribution < -0.4 is 15.4 Å². The lowest BCUT2D eigenvalue weighted by atomic mass is 10.2. The normalized spacial score (nSPS) is 10.3. The van der Waals surface area contributed by atoms with Gasteiger partial charge in [-0.1, -0.05) is 5.10 Å². The maximum Gasteiger partial charge on any atom is 0.340 e. The number of nitrogens with two attached hydrogens (primary N) is 1. The van der Waals surface area contributed by atoms with E-state index in [9.17, 15) is 0 Å². The lowest BCUT2D eigenvalue weighted by Gasteiger charge is -2.14. The number of tetrazole rings is 1. The van der Waals surface area contributed by atoms with Gasteiger partial charge in [-0.05, 0) is 22.6 Å². The van der Waals surface area contributed by atoms with E-state index in [1.165, 1.54) is 4.68 Å². The van der Waals surface area contributed by atoms with E-state index in [2.05, 4.69) is 15.5 Å². The molecule has 0 spiro atoms. The first-order chi connectivity index (χ1) is 8.08. The number of hydrogen-bond acceptors (Lipinski definition) is 6. The van der Waals surface area contributed by atoms with Crippen LogP contribution in [0, 0.1) is 0 Å². The molecule has 0 aliphatic heterocycles. The van der Waals surface area contributed by atoms with Gasteiger partial charge in [0.05, 0.1) is 5.69 Å². The van der Waals surface area contributed by atoms with Gasteiger partial charge in [-0.15, -0.1) is 0 Å². The number of ether oxygens (including phenoxy) is 1. The summed E-state index contributed by atoms with van der Waals surface area (Å²) in [7, 11) is 5.58. The smallest absolute Gasteiger partial charge is 0.340 e. The average molecular weight is 234 g/mol. The van der Waals surface area contributed by atoms with Crippen LogP contribution in [0.4, 0.5) is 11.4 Å². The largest absolute Gasteiger partial charge is 0.421 e. The maximum absolute atomic E-state index is 5.83. The minimum Gasteiger partial charge on any atom is -0.421 e. The van der Waals surface area contributed by atoms with E-state index in [1.54, 1.807) is 13.1 Å². The molecule has 1 aromatic carbocycles. The van der Waals surface area contributed by atoms with Crippen LogP contribution in [-0.4, -0.2) is 34.3 Å². The zero-order valence-electron chi connectivity index (χ0n) is 9.95. The number of aryl methyl sites for hydroxylation is 1. The summed E-state index contributed by atoms with van der Waals surface area (Å²) in [4.78, 5) is 1.96. The molecule has 2 aromatic rings. The summed E-state index contributed by atoms with van der Waals surface area (Å²) in [5.41, 5.74) is 7.37. The van der Waals surface area contributed by atoms with Crippen LogP contribution in [0.1, 0.15) is 0 Å². The first kappa shape index (κ1) is 11.2. The Balaban J connectivity index is 2.32. The van der Waals surface area contributed by atoms with Gasteiger partial charge < -0.3 is 15.4 Å². The van der Waals surface area contributed by atoms with Crippen LogP contribution in [0.5, 0.6) is 11.8 Å². The zero-order chi connectivity index (χ0) is 12.4. The molecule has 0 saturated carbocycles. The van der Waals surface area contributed by atoms with Crippen molar-refractivity contribution >= 4 is 11.4 Å². The van der Waals surface area contributed by atoms with Gasteiger partial charge in [-0.3, -0.25) is 0 Å². The fourth-order valence-corrected chi connectivity index (χ4v) is 1.30. The Labute approximate surface area is 98.8 Å². The third kappa shape index (κ3) is 2.27. The molecule has 0 saturated heterocycles. The van der Waals surface area contributed by atoms with Gasteiger partial charge in [0.1, 0.15) is 0 Å². The number of anilines is 2. The molecular weight excluding hydrogens is 220 g/mol. The third-order valence-electron chi connectivity index (χ3n) is 2.30. The summed E-state index contributed by atoms with van der Waals surface area (Å²) in [5, 5.41) is 10.9. The lowest BCUT2D eigenvalue weighted by molar-refractivity contribution is 0.416. The number of rotatable bonds is 3. The van der Waals surface area contributed by atoms with Crippen molar-refractivity contribution in [2.75, 3.05) is 24.7 Å². The average Bonchev–Trinajstić information content (AvgIpc) is 2.67. The number of nitrogens with zero attached hydrogens (tertiary/aromatic N) is 5. The highest BCUT2D eigenvalue weighted by molar-refractivity contribution is 5.62. The molecule has 0 amide bonds. The minimum atomic E-state index is 0.299. The number of aromatic nitrogens is 4. The molecule has 0 bridgehead atoms. The summed E-state index contributed by atoms with van der Waals surface area (Å²) in [6.07, 6.45) is 0. The van der Waals surface area contributed by atoms with Crippen LogP contribution in [0.3, 0.4) is 0 Å². The van der Waals surface area contributed by atoms with E-state index < -0.39 is 0 Å². The molecule has 0 aliphatic rings. The van der Waals surface area contributed by atoms with Crippen molar-refractivity contribution in [1.82, 2.24) is 20.2 Å². The Bertz CT molecular complexity index is 521. The van der Waals surface area contributed by atoms with E-state index >= 15 is 0 Å². The highest BCUT2D eigenvalue weighted by Gasteiger charge is 2.09. The Morgan fingerprint density at radius 1 is 1.35 bits per heavy atom. The molecule has 7 heteroatoms. The predicted octanol–water partition coefficient (Wildman–Crippen LogP) is 0.651. The molecule has 2 rings (SSSR count). The highest BCUT2D eigenvalue weighted by Crippen LogP contribution is 2.29. The summed E-state index contributed by atoms with van der Waals surface area (Å²) >= 11 is 0. The van der Waals surface area contributed by atoms with Gasteiger partial charge in [0.2, 0.25) is 0 Å². The molecule has 0 unspecified atom stereocenters. The van der Waals surface area contributed by atoms with Crippen molar-refractivity contribution in [2.45, 2.75) is 0 Å². The first-order valence-electron chi connectivity index (χ1n) is 5.05. The summed E-state index contributed by atoms with van der Waals surface area (Å²) in [6.45, 7) is 0. The third-order valence-corrected chi connectivity index (χ3v) is 2.30.